The maximum absolute atomic E-state index is 6.11. The molecule has 0 fully saturated rings. The summed E-state index contributed by atoms with van der Waals surface area (Å²) < 4.78 is 8.41. The molecule has 0 amide bonds. The normalized spacial score (nSPS) is 12.4. The van der Waals surface area contributed by atoms with E-state index < -0.39 is 0 Å². The van der Waals surface area contributed by atoms with Crippen molar-refractivity contribution >= 4 is 11.0 Å². The first kappa shape index (κ1) is 18.5. The number of aryl methyl sites for hydroxylation is 2. The van der Waals surface area contributed by atoms with E-state index >= 15 is 0 Å². The maximum atomic E-state index is 6.11. The predicted octanol–water partition coefficient (Wildman–Crippen LogP) is 5.98. The lowest BCUT2D eigenvalue weighted by Gasteiger charge is -2.18. The van der Waals surface area contributed by atoms with Crippen LogP contribution in [0.4, 0.5) is 0 Å². The second-order valence-corrected chi connectivity index (χ2v) is 7.40. The molecule has 4 rings (SSSR count). The smallest absolute Gasteiger partial charge is 0.136 e. The molecule has 0 bridgehead atoms. The monoisotopic (exact) mass is 370 g/mol. The largest absolute Gasteiger partial charge is 0.369 e. The number of fused-ring (bicyclic) bond motifs is 1. The fourth-order valence-electron chi connectivity index (χ4n) is 3.72. The van der Waals surface area contributed by atoms with E-state index in [-0.39, 0.29) is 6.04 Å². The van der Waals surface area contributed by atoms with Gasteiger partial charge in [0.25, 0.3) is 0 Å². The van der Waals surface area contributed by atoms with Gasteiger partial charge in [0.15, 0.2) is 0 Å². The minimum absolute atomic E-state index is 0.188. The van der Waals surface area contributed by atoms with E-state index in [0.29, 0.717) is 13.2 Å². The van der Waals surface area contributed by atoms with Crippen LogP contribution in [-0.4, -0.2) is 9.55 Å². The molecule has 0 saturated carbocycles. The van der Waals surface area contributed by atoms with Gasteiger partial charge >= 0.3 is 0 Å². The summed E-state index contributed by atoms with van der Waals surface area (Å²) in [4.78, 5) is 4.87. The molecule has 0 saturated heterocycles. The van der Waals surface area contributed by atoms with Crippen molar-refractivity contribution in [2.45, 2.75) is 40.0 Å². The molecule has 28 heavy (non-hydrogen) atoms. The third kappa shape index (κ3) is 3.71. The lowest BCUT2D eigenvalue weighted by Crippen LogP contribution is -2.12. The minimum atomic E-state index is 0.188. The molecule has 0 aliphatic heterocycles. The number of benzene rings is 3. The average Bonchev–Trinajstić information content (AvgIpc) is 3.09. The summed E-state index contributed by atoms with van der Waals surface area (Å²) in [5.74, 6) is 0.961. The van der Waals surface area contributed by atoms with Crippen molar-refractivity contribution in [3.63, 3.8) is 0 Å². The van der Waals surface area contributed by atoms with Gasteiger partial charge in [0.2, 0.25) is 0 Å². The number of rotatable bonds is 6. The Kier molecular flexibility index (Phi) is 5.27. The minimum Gasteiger partial charge on any atom is -0.369 e. The molecule has 3 aromatic carbocycles. The molecule has 0 aliphatic carbocycles. The van der Waals surface area contributed by atoms with E-state index in [4.69, 9.17) is 9.72 Å². The van der Waals surface area contributed by atoms with Gasteiger partial charge in [-0.3, -0.25) is 0 Å². The highest BCUT2D eigenvalue weighted by Gasteiger charge is 2.17. The van der Waals surface area contributed by atoms with Crippen LogP contribution in [0.3, 0.4) is 0 Å². The van der Waals surface area contributed by atoms with Gasteiger partial charge in [-0.15, -0.1) is 0 Å². The van der Waals surface area contributed by atoms with Crippen molar-refractivity contribution in [3.8, 4) is 0 Å². The fraction of sp³-hybridized carbons (Fsp3) is 0.240. The highest BCUT2D eigenvalue weighted by Crippen LogP contribution is 2.26. The molecule has 0 radical (unpaired) electrons. The van der Waals surface area contributed by atoms with Crippen LogP contribution in [-0.2, 0) is 18.0 Å². The van der Waals surface area contributed by atoms with Crippen LogP contribution < -0.4 is 0 Å². The summed E-state index contributed by atoms with van der Waals surface area (Å²) >= 11 is 0. The lowest BCUT2D eigenvalue weighted by molar-refractivity contribution is 0.0988. The Bertz CT molecular complexity index is 1080. The Labute approximate surface area is 166 Å². The number of para-hydroxylation sites is 2. The standard InChI is InChI=1S/C25H26N2O/c1-18-13-14-19(2)22(15-18)16-28-17-25-26-23-11-7-8-12-24(23)27(25)20(3)21-9-5-4-6-10-21/h4-15,20H,16-17H2,1-3H3. The summed E-state index contributed by atoms with van der Waals surface area (Å²) in [6.45, 7) is 7.54. The molecule has 1 unspecified atom stereocenters. The number of hydrogen-bond donors (Lipinski definition) is 0. The zero-order valence-electron chi connectivity index (χ0n) is 16.7. The second-order valence-electron chi connectivity index (χ2n) is 7.40. The number of imidazole rings is 1. The van der Waals surface area contributed by atoms with E-state index in [1.165, 1.54) is 22.3 Å². The predicted molar refractivity (Wildman–Crippen MR) is 114 cm³/mol. The first-order valence-corrected chi connectivity index (χ1v) is 9.78. The van der Waals surface area contributed by atoms with Crippen LogP contribution in [0.25, 0.3) is 11.0 Å². The number of ether oxygens (including phenoxy) is 1. The van der Waals surface area contributed by atoms with Crippen molar-refractivity contribution in [1.82, 2.24) is 9.55 Å². The van der Waals surface area contributed by atoms with E-state index in [1.54, 1.807) is 0 Å². The van der Waals surface area contributed by atoms with Crippen molar-refractivity contribution in [3.05, 3.63) is 101 Å². The molecule has 3 nitrogen and oxygen atoms in total. The van der Waals surface area contributed by atoms with Gasteiger partial charge in [0.05, 0.1) is 23.7 Å². The number of aromatic nitrogens is 2. The van der Waals surface area contributed by atoms with Crippen LogP contribution in [0.1, 0.15) is 41.0 Å². The van der Waals surface area contributed by atoms with Gasteiger partial charge in [0, 0.05) is 0 Å². The Balaban J connectivity index is 1.62. The third-order valence-corrected chi connectivity index (χ3v) is 5.33. The second kappa shape index (κ2) is 7.99. The summed E-state index contributed by atoms with van der Waals surface area (Å²) in [6, 6.07) is 25.5. The Morgan fingerprint density at radius 1 is 0.893 bits per heavy atom. The molecule has 1 heterocycles. The Hall–Kier alpha value is -2.91. The van der Waals surface area contributed by atoms with Crippen LogP contribution in [0, 0.1) is 13.8 Å². The van der Waals surface area contributed by atoms with E-state index in [9.17, 15) is 0 Å². The van der Waals surface area contributed by atoms with Crippen molar-refractivity contribution < 1.29 is 4.74 Å². The van der Waals surface area contributed by atoms with Gasteiger partial charge < -0.3 is 9.30 Å². The van der Waals surface area contributed by atoms with Gasteiger partial charge in [-0.1, -0.05) is 66.2 Å². The fourth-order valence-corrected chi connectivity index (χ4v) is 3.72. The van der Waals surface area contributed by atoms with Gasteiger partial charge in [-0.05, 0) is 49.6 Å². The zero-order chi connectivity index (χ0) is 19.5. The summed E-state index contributed by atoms with van der Waals surface area (Å²) in [5, 5.41) is 0. The Morgan fingerprint density at radius 2 is 1.64 bits per heavy atom. The van der Waals surface area contributed by atoms with Gasteiger partial charge in [0.1, 0.15) is 12.4 Å². The first-order chi connectivity index (χ1) is 13.6. The average molecular weight is 370 g/mol. The SMILES string of the molecule is Cc1ccc(C)c(COCc2nc3ccccc3n2C(C)c2ccccc2)c1. The molecule has 1 aromatic heterocycles. The molecule has 4 aromatic rings. The highest BCUT2D eigenvalue weighted by atomic mass is 16.5. The van der Waals surface area contributed by atoms with Gasteiger partial charge in [-0.2, -0.15) is 0 Å². The molecular weight excluding hydrogens is 344 g/mol. The summed E-state index contributed by atoms with van der Waals surface area (Å²) in [5.41, 5.74) is 7.17. The van der Waals surface area contributed by atoms with Crippen LogP contribution in [0.2, 0.25) is 0 Å². The highest BCUT2D eigenvalue weighted by molar-refractivity contribution is 5.76. The maximum Gasteiger partial charge on any atom is 0.136 e. The lowest BCUT2D eigenvalue weighted by atomic mass is 10.1. The molecule has 1 atom stereocenters. The molecule has 0 N–H and O–H groups in total. The number of hydrogen-bond acceptors (Lipinski definition) is 2. The molecule has 142 valence electrons. The molecular formula is C25H26N2O. The van der Waals surface area contributed by atoms with Crippen LogP contribution >= 0.6 is 0 Å². The summed E-state index contributed by atoms with van der Waals surface area (Å²) in [6.07, 6.45) is 0. The molecule has 0 aliphatic rings. The van der Waals surface area contributed by atoms with Gasteiger partial charge in [-0.25, -0.2) is 4.98 Å². The molecule has 3 heteroatoms. The van der Waals surface area contributed by atoms with E-state index in [1.807, 2.05) is 6.07 Å². The first-order valence-electron chi connectivity index (χ1n) is 9.78. The van der Waals surface area contributed by atoms with E-state index in [2.05, 4.69) is 92.1 Å². The topological polar surface area (TPSA) is 27.1 Å². The number of nitrogens with zero attached hydrogens (tertiary/aromatic N) is 2. The van der Waals surface area contributed by atoms with Crippen LogP contribution in [0.5, 0.6) is 0 Å². The van der Waals surface area contributed by atoms with E-state index in [0.717, 1.165) is 16.9 Å². The summed E-state index contributed by atoms with van der Waals surface area (Å²) in [7, 11) is 0. The zero-order valence-corrected chi connectivity index (χ0v) is 16.7. The van der Waals surface area contributed by atoms with Crippen molar-refractivity contribution in [2.24, 2.45) is 0 Å². The third-order valence-electron chi connectivity index (χ3n) is 5.33. The van der Waals surface area contributed by atoms with Crippen molar-refractivity contribution in [1.29, 1.82) is 0 Å². The molecule has 0 spiro atoms. The quantitative estimate of drug-likeness (QED) is 0.417. The van der Waals surface area contributed by atoms with Crippen LogP contribution in [0.15, 0.2) is 72.8 Å². The van der Waals surface area contributed by atoms with Crippen molar-refractivity contribution in [2.75, 3.05) is 0 Å². The Morgan fingerprint density at radius 3 is 2.46 bits per heavy atom.